The van der Waals surface area contributed by atoms with Crippen LogP contribution in [0.1, 0.15) is 5.69 Å². The van der Waals surface area contributed by atoms with Gasteiger partial charge in [0.2, 0.25) is 0 Å². The second kappa shape index (κ2) is 7.44. The molecular formula is C23H19FN10. The van der Waals surface area contributed by atoms with Gasteiger partial charge in [-0.1, -0.05) is 0 Å². The largest absolute Gasteiger partial charge is 0.376 e. The molecule has 0 atom stereocenters. The van der Waals surface area contributed by atoms with Crippen LogP contribution in [0.3, 0.4) is 0 Å². The lowest BCUT2D eigenvalue weighted by Gasteiger charge is -2.13. The maximum Gasteiger partial charge on any atom is 0.161 e. The molecule has 0 aliphatic carbocycles. The van der Waals surface area contributed by atoms with Crippen molar-refractivity contribution in [2.75, 3.05) is 19.0 Å². The highest BCUT2D eigenvalue weighted by Gasteiger charge is 2.21. The average molecular weight is 454 g/mol. The molecule has 0 unspecified atom stereocenters. The minimum absolute atomic E-state index is 0.190. The molecule has 6 rings (SSSR count). The van der Waals surface area contributed by atoms with Gasteiger partial charge in [0, 0.05) is 38.2 Å². The molecule has 0 aliphatic rings. The van der Waals surface area contributed by atoms with Crippen LogP contribution >= 0.6 is 0 Å². The Morgan fingerprint density at radius 2 is 1.94 bits per heavy atom. The number of halogens is 1. The first-order chi connectivity index (χ1) is 16.5. The molecule has 11 heteroatoms. The third kappa shape index (κ3) is 3.09. The molecule has 0 radical (unpaired) electrons. The smallest absolute Gasteiger partial charge is 0.161 e. The number of hydrogen-bond donors (Lipinski definition) is 2. The molecule has 6 aromatic rings. The number of fused-ring (bicyclic) bond motifs is 2. The van der Waals surface area contributed by atoms with Crippen LogP contribution in [0.25, 0.3) is 50.5 Å². The Morgan fingerprint density at radius 3 is 2.74 bits per heavy atom. The van der Waals surface area contributed by atoms with Gasteiger partial charge in [0.15, 0.2) is 17.3 Å². The maximum absolute atomic E-state index is 15.8. The fourth-order valence-corrected chi connectivity index (χ4v) is 3.92. The van der Waals surface area contributed by atoms with E-state index in [0.717, 1.165) is 17.1 Å². The molecule has 0 aliphatic heterocycles. The number of aromatic amines is 2. The highest BCUT2D eigenvalue weighted by Crippen LogP contribution is 2.33. The minimum atomic E-state index is -0.502. The molecule has 0 spiro atoms. The molecule has 10 nitrogen and oxygen atoms in total. The van der Waals surface area contributed by atoms with Gasteiger partial charge in [-0.2, -0.15) is 5.10 Å². The SMILES string of the molecule is Cc1cn(-c2ccnc3[nH]c(-c4n[nH]c5cnc(-c6cncc(N(C)C)c6)c(F)c45)nc23)cn1. The van der Waals surface area contributed by atoms with Crippen LogP contribution < -0.4 is 4.90 Å². The summed E-state index contributed by atoms with van der Waals surface area (Å²) in [5, 5.41) is 7.49. The van der Waals surface area contributed by atoms with E-state index < -0.39 is 5.82 Å². The van der Waals surface area contributed by atoms with Crippen LogP contribution in [-0.4, -0.2) is 58.8 Å². The number of nitrogens with zero attached hydrogens (tertiary/aromatic N) is 8. The van der Waals surface area contributed by atoms with Crippen molar-refractivity contribution in [2.24, 2.45) is 0 Å². The summed E-state index contributed by atoms with van der Waals surface area (Å²) in [5.41, 5.74) is 5.30. The van der Waals surface area contributed by atoms with Crippen LogP contribution in [-0.2, 0) is 0 Å². The Morgan fingerprint density at radius 1 is 1.06 bits per heavy atom. The standard InChI is InChI=1S/C23H19FN10/c1-12-10-34(11-28-12)16-4-5-26-22-20(16)29-23(30-22)21-17-15(31-32-21)9-27-19(18(17)24)13-6-14(33(2)3)8-25-7-13/h4-11H,1-3H3,(H,31,32)(H,26,29,30). The Kier molecular flexibility index (Phi) is 4.37. The number of rotatable bonds is 4. The topological polar surface area (TPSA) is 117 Å². The number of H-pyrrole nitrogens is 2. The highest BCUT2D eigenvalue weighted by atomic mass is 19.1. The van der Waals surface area contributed by atoms with Crippen LogP contribution in [0.2, 0.25) is 0 Å². The predicted molar refractivity (Wildman–Crippen MR) is 126 cm³/mol. The van der Waals surface area contributed by atoms with Crippen molar-refractivity contribution >= 4 is 27.8 Å². The first-order valence-electron chi connectivity index (χ1n) is 10.5. The molecular weight excluding hydrogens is 435 g/mol. The lowest BCUT2D eigenvalue weighted by Crippen LogP contribution is -2.09. The molecule has 6 heterocycles. The quantitative estimate of drug-likeness (QED) is 0.417. The zero-order chi connectivity index (χ0) is 23.4. The maximum atomic E-state index is 15.8. The van der Waals surface area contributed by atoms with Crippen molar-refractivity contribution in [2.45, 2.75) is 6.92 Å². The Balaban J connectivity index is 1.52. The van der Waals surface area contributed by atoms with Crippen molar-refractivity contribution in [1.29, 1.82) is 0 Å². The Hall–Kier alpha value is -4.67. The molecule has 0 bridgehead atoms. The van der Waals surface area contributed by atoms with E-state index in [1.54, 1.807) is 31.1 Å². The van der Waals surface area contributed by atoms with Crippen LogP contribution in [0, 0.1) is 12.7 Å². The minimum Gasteiger partial charge on any atom is -0.376 e. The first kappa shape index (κ1) is 20.0. The van der Waals surface area contributed by atoms with Crippen molar-refractivity contribution in [3.63, 3.8) is 0 Å². The lowest BCUT2D eigenvalue weighted by molar-refractivity contribution is 0.638. The summed E-state index contributed by atoms with van der Waals surface area (Å²) in [7, 11) is 3.80. The Labute approximate surface area is 192 Å². The average Bonchev–Trinajstić information content (AvgIpc) is 3.56. The van der Waals surface area contributed by atoms with Gasteiger partial charge in [-0.15, -0.1) is 0 Å². The number of anilines is 1. The normalized spacial score (nSPS) is 11.5. The fraction of sp³-hybridized carbons (Fsp3) is 0.130. The highest BCUT2D eigenvalue weighted by molar-refractivity contribution is 5.95. The molecule has 168 valence electrons. The van der Waals surface area contributed by atoms with Gasteiger partial charge in [-0.05, 0) is 19.1 Å². The van der Waals surface area contributed by atoms with E-state index in [2.05, 4.69) is 35.1 Å². The summed E-state index contributed by atoms with van der Waals surface area (Å²) >= 11 is 0. The Bertz CT molecular complexity index is 1680. The van der Waals surface area contributed by atoms with Crippen molar-refractivity contribution in [3.8, 4) is 28.5 Å². The van der Waals surface area contributed by atoms with E-state index in [9.17, 15) is 0 Å². The van der Waals surface area contributed by atoms with Gasteiger partial charge in [0.05, 0.1) is 46.7 Å². The van der Waals surface area contributed by atoms with Gasteiger partial charge >= 0.3 is 0 Å². The number of pyridine rings is 3. The van der Waals surface area contributed by atoms with Gasteiger partial charge in [0.25, 0.3) is 0 Å². The van der Waals surface area contributed by atoms with Gasteiger partial charge in [0.1, 0.15) is 16.9 Å². The van der Waals surface area contributed by atoms with E-state index in [-0.39, 0.29) is 5.69 Å². The monoisotopic (exact) mass is 454 g/mol. The molecule has 0 aromatic carbocycles. The van der Waals surface area contributed by atoms with Gasteiger partial charge < -0.3 is 14.5 Å². The zero-order valence-electron chi connectivity index (χ0n) is 18.6. The summed E-state index contributed by atoms with van der Waals surface area (Å²) in [6, 6.07) is 3.69. The van der Waals surface area contributed by atoms with E-state index in [0.29, 0.717) is 39.1 Å². The predicted octanol–water partition coefficient (Wildman–Crippen LogP) is 3.66. The molecule has 6 aromatic heterocycles. The number of hydrogen-bond acceptors (Lipinski definition) is 7. The molecule has 2 N–H and O–H groups in total. The third-order valence-electron chi connectivity index (χ3n) is 5.64. The number of imidazole rings is 2. The van der Waals surface area contributed by atoms with E-state index in [1.165, 1.54) is 0 Å². The van der Waals surface area contributed by atoms with Crippen molar-refractivity contribution < 1.29 is 4.39 Å². The van der Waals surface area contributed by atoms with Crippen molar-refractivity contribution in [3.05, 3.63) is 61.0 Å². The third-order valence-corrected chi connectivity index (χ3v) is 5.64. The van der Waals surface area contributed by atoms with E-state index >= 15 is 4.39 Å². The molecule has 0 fully saturated rings. The number of nitrogens with one attached hydrogen (secondary N) is 2. The van der Waals surface area contributed by atoms with Crippen molar-refractivity contribution in [1.82, 2.24) is 44.7 Å². The number of aryl methyl sites for hydroxylation is 1. The van der Waals surface area contributed by atoms with E-state index in [1.807, 2.05) is 48.8 Å². The summed E-state index contributed by atoms with van der Waals surface area (Å²) in [6.45, 7) is 1.92. The lowest BCUT2D eigenvalue weighted by atomic mass is 10.1. The zero-order valence-corrected chi connectivity index (χ0v) is 18.6. The van der Waals surface area contributed by atoms with Crippen LogP contribution in [0.15, 0.2) is 49.4 Å². The second-order valence-electron chi connectivity index (χ2n) is 8.14. The summed E-state index contributed by atoms with van der Waals surface area (Å²) < 4.78 is 17.7. The van der Waals surface area contributed by atoms with E-state index in [4.69, 9.17) is 4.98 Å². The van der Waals surface area contributed by atoms with Crippen LogP contribution in [0.4, 0.5) is 10.1 Å². The number of aromatic nitrogens is 9. The van der Waals surface area contributed by atoms with Gasteiger partial charge in [-0.25, -0.2) is 19.3 Å². The molecule has 34 heavy (non-hydrogen) atoms. The summed E-state index contributed by atoms with van der Waals surface area (Å²) in [4.78, 5) is 27.0. The first-order valence-corrected chi connectivity index (χ1v) is 10.5. The molecule has 0 saturated heterocycles. The molecule has 0 saturated carbocycles. The molecule has 0 amide bonds. The fourth-order valence-electron chi connectivity index (χ4n) is 3.92. The van der Waals surface area contributed by atoms with Crippen LogP contribution in [0.5, 0.6) is 0 Å². The van der Waals surface area contributed by atoms with Gasteiger partial charge in [-0.3, -0.25) is 15.1 Å². The summed E-state index contributed by atoms with van der Waals surface area (Å²) in [6.07, 6.45) is 10.2. The second-order valence-corrected chi connectivity index (χ2v) is 8.14. The summed E-state index contributed by atoms with van der Waals surface area (Å²) in [5.74, 6) is -0.105.